The first kappa shape index (κ1) is 9.39. The average Bonchev–Trinajstić information content (AvgIpc) is 2.97. The van der Waals surface area contributed by atoms with Gasteiger partial charge in [0.1, 0.15) is 5.82 Å². The van der Waals surface area contributed by atoms with E-state index in [0.717, 1.165) is 30.1 Å². The Balaban J connectivity index is 2.15. The van der Waals surface area contributed by atoms with Crippen molar-refractivity contribution in [1.29, 1.82) is 0 Å². The number of furan rings is 1. The number of nitrogens with zero attached hydrogens (tertiary/aromatic N) is 2. The van der Waals surface area contributed by atoms with E-state index >= 15 is 0 Å². The predicted octanol–water partition coefficient (Wildman–Crippen LogP) is 2.27. The molecule has 0 unspecified atom stereocenters. The van der Waals surface area contributed by atoms with Crippen LogP contribution < -0.4 is 5.32 Å². The van der Waals surface area contributed by atoms with E-state index in [0.29, 0.717) is 5.82 Å². The third-order valence-corrected chi connectivity index (χ3v) is 2.91. The zero-order valence-electron chi connectivity index (χ0n) is 9.16. The van der Waals surface area contributed by atoms with Crippen molar-refractivity contribution >= 4 is 5.82 Å². The number of fused-ring (bicyclic) bond motifs is 1. The number of hydrogen-bond acceptors (Lipinski definition) is 4. The zero-order chi connectivity index (χ0) is 11.0. The molecule has 1 N–H and O–H groups in total. The SMILES string of the molecule is CNc1nc(-c2ccco2)nc2c1CCC2. The maximum absolute atomic E-state index is 5.33. The van der Waals surface area contributed by atoms with Gasteiger partial charge < -0.3 is 9.73 Å². The molecular weight excluding hydrogens is 202 g/mol. The zero-order valence-corrected chi connectivity index (χ0v) is 9.16. The van der Waals surface area contributed by atoms with Crippen LogP contribution in [0.3, 0.4) is 0 Å². The molecule has 0 atom stereocenters. The lowest BCUT2D eigenvalue weighted by molar-refractivity contribution is 0.577. The van der Waals surface area contributed by atoms with E-state index in [1.807, 2.05) is 19.2 Å². The van der Waals surface area contributed by atoms with Gasteiger partial charge in [0.25, 0.3) is 0 Å². The molecule has 0 bridgehead atoms. The van der Waals surface area contributed by atoms with E-state index in [-0.39, 0.29) is 0 Å². The highest BCUT2D eigenvalue weighted by Crippen LogP contribution is 2.28. The van der Waals surface area contributed by atoms with Crippen molar-refractivity contribution in [2.24, 2.45) is 0 Å². The van der Waals surface area contributed by atoms with Gasteiger partial charge in [0, 0.05) is 18.3 Å². The number of anilines is 1. The van der Waals surface area contributed by atoms with Gasteiger partial charge in [-0.15, -0.1) is 0 Å². The first-order valence-corrected chi connectivity index (χ1v) is 5.50. The maximum Gasteiger partial charge on any atom is 0.197 e. The fraction of sp³-hybridized carbons (Fsp3) is 0.333. The second-order valence-electron chi connectivity index (χ2n) is 3.90. The standard InChI is InChI=1S/C12H13N3O/c1-13-11-8-4-2-5-9(8)14-12(15-11)10-6-3-7-16-10/h3,6-7H,2,4-5H2,1H3,(H,13,14,15). The molecule has 0 saturated carbocycles. The highest BCUT2D eigenvalue weighted by molar-refractivity contribution is 5.56. The molecule has 0 fully saturated rings. The highest BCUT2D eigenvalue weighted by Gasteiger charge is 2.19. The summed E-state index contributed by atoms with van der Waals surface area (Å²) in [5.41, 5.74) is 2.42. The van der Waals surface area contributed by atoms with Crippen molar-refractivity contribution in [2.75, 3.05) is 12.4 Å². The second kappa shape index (κ2) is 3.63. The fourth-order valence-corrected chi connectivity index (χ4v) is 2.16. The van der Waals surface area contributed by atoms with Gasteiger partial charge in [-0.2, -0.15) is 0 Å². The molecule has 82 valence electrons. The number of nitrogens with one attached hydrogen (secondary N) is 1. The Morgan fingerprint density at radius 1 is 1.31 bits per heavy atom. The molecule has 0 radical (unpaired) electrons. The summed E-state index contributed by atoms with van der Waals surface area (Å²) in [6.45, 7) is 0. The Morgan fingerprint density at radius 2 is 2.25 bits per heavy atom. The van der Waals surface area contributed by atoms with Crippen LogP contribution in [0.25, 0.3) is 11.6 Å². The van der Waals surface area contributed by atoms with Crippen molar-refractivity contribution in [3.63, 3.8) is 0 Å². The van der Waals surface area contributed by atoms with Crippen LogP contribution in [0.5, 0.6) is 0 Å². The minimum absolute atomic E-state index is 0.676. The molecule has 0 saturated heterocycles. The van der Waals surface area contributed by atoms with E-state index in [2.05, 4.69) is 15.3 Å². The Bertz CT molecular complexity index is 505. The Hall–Kier alpha value is -1.84. The van der Waals surface area contributed by atoms with Gasteiger partial charge in [0.2, 0.25) is 0 Å². The van der Waals surface area contributed by atoms with Crippen LogP contribution in [-0.2, 0) is 12.8 Å². The minimum atomic E-state index is 0.676. The Morgan fingerprint density at radius 3 is 3.00 bits per heavy atom. The normalized spacial score (nSPS) is 13.8. The number of rotatable bonds is 2. The number of aromatic nitrogens is 2. The number of aryl methyl sites for hydroxylation is 1. The quantitative estimate of drug-likeness (QED) is 0.834. The fourth-order valence-electron chi connectivity index (χ4n) is 2.16. The molecule has 2 aromatic rings. The molecule has 2 heterocycles. The lowest BCUT2D eigenvalue weighted by Gasteiger charge is -2.07. The third-order valence-electron chi connectivity index (χ3n) is 2.91. The van der Waals surface area contributed by atoms with Crippen molar-refractivity contribution in [1.82, 2.24) is 9.97 Å². The van der Waals surface area contributed by atoms with E-state index in [9.17, 15) is 0 Å². The topological polar surface area (TPSA) is 51.0 Å². The lowest BCUT2D eigenvalue weighted by Crippen LogP contribution is -2.02. The van der Waals surface area contributed by atoms with Gasteiger partial charge in [-0.3, -0.25) is 0 Å². The van der Waals surface area contributed by atoms with Crippen LogP contribution in [0.4, 0.5) is 5.82 Å². The van der Waals surface area contributed by atoms with Crippen LogP contribution in [0.2, 0.25) is 0 Å². The van der Waals surface area contributed by atoms with Gasteiger partial charge in [-0.05, 0) is 31.4 Å². The minimum Gasteiger partial charge on any atom is -0.461 e. The van der Waals surface area contributed by atoms with E-state index in [1.165, 1.54) is 12.0 Å². The Kier molecular flexibility index (Phi) is 2.13. The lowest BCUT2D eigenvalue weighted by atomic mass is 10.2. The maximum atomic E-state index is 5.33. The van der Waals surface area contributed by atoms with Gasteiger partial charge in [-0.25, -0.2) is 9.97 Å². The Labute approximate surface area is 93.7 Å². The summed E-state index contributed by atoms with van der Waals surface area (Å²) < 4.78 is 5.33. The summed E-state index contributed by atoms with van der Waals surface area (Å²) in [6, 6.07) is 3.74. The summed E-state index contributed by atoms with van der Waals surface area (Å²) in [4.78, 5) is 9.05. The van der Waals surface area contributed by atoms with E-state index in [1.54, 1.807) is 6.26 Å². The molecule has 4 nitrogen and oxygen atoms in total. The number of hydrogen-bond donors (Lipinski definition) is 1. The van der Waals surface area contributed by atoms with Crippen molar-refractivity contribution in [3.8, 4) is 11.6 Å². The monoisotopic (exact) mass is 215 g/mol. The summed E-state index contributed by atoms with van der Waals surface area (Å²) in [7, 11) is 1.90. The van der Waals surface area contributed by atoms with Gasteiger partial charge in [0.15, 0.2) is 11.6 Å². The molecule has 2 aromatic heterocycles. The van der Waals surface area contributed by atoms with Crippen molar-refractivity contribution in [3.05, 3.63) is 29.7 Å². The molecule has 0 amide bonds. The smallest absolute Gasteiger partial charge is 0.197 e. The van der Waals surface area contributed by atoms with Crippen LogP contribution in [0, 0.1) is 0 Å². The molecule has 3 rings (SSSR count). The van der Waals surface area contributed by atoms with Crippen LogP contribution in [-0.4, -0.2) is 17.0 Å². The van der Waals surface area contributed by atoms with E-state index in [4.69, 9.17) is 4.42 Å². The molecule has 1 aliphatic rings. The third kappa shape index (κ3) is 1.38. The van der Waals surface area contributed by atoms with Gasteiger partial charge in [-0.1, -0.05) is 0 Å². The van der Waals surface area contributed by atoms with Crippen molar-refractivity contribution in [2.45, 2.75) is 19.3 Å². The molecule has 0 aliphatic heterocycles. The first-order chi connectivity index (χ1) is 7.88. The first-order valence-electron chi connectivity index (χ1n) is 5.50. The second-order valence-corrected chi connectivity index (χ2v) is 3.90. The highest BCUT2D eigenvalue weighted by atomic mass is 16.3. The summed E-state index contributed by atoms with van der Waals surface area (Å²) >= 11 is 0. The molecule has 1 aliphatic carbocycles. The van der Waals surface area contributed by atoms with Crippen LogP contribution >= 0.6 is 0 Å². The average molecular weight is 215 g/mol. The molecule has 0 spiro atoms. The van der Waals surface area contributed by atoms with Crippen molar-refractivity contribution < 1.29 is 4.42 Å². The van der Waals surface area contributed by atoms with E-state index < -0.39 is 0 Å². The molecule has 16 heavy (non-hydrogen) atoms. The van der Waals surface area contributed by atoms with Gasteiger partial charge in [0.05, 0.1) is 6.26 Å². The predicted molar refractivity (Wildman–Crippen MR) is 61.3 cm³/mol. The van der Waals surface area contributed by atoms with Crippen LogP contribution in [0.1, 0.15) is 17.7 Å². The summed E-state index contributed by atoms with van der Waals surface area (Å²) in [5.74, 6) is 2.34. The summed E-state index contributed by atoms with van der Waals surface area (Å²) in [5, 5.41) is 3.14. The molecule has 0 aromatic carbocycles. The molecular formula is C12H13N3O. The summed E-state index contributed by atoms with van der Waals surface area (Å²) in [6.07, 6.45) is 4.93. The van der Waals surface area contributed by atoms with Crippen LogP contribution in [0.15, 0.2) is 22.8 Å². The van der Waals surface area contributed by atoms with Gasteiger partial charge >= 0.3 is 0 Å². The largest absolute Gasteiger partial charge is 0.461 e. The molecule has 4 heteroatoms.